The summed E-state index contributed by atoms with van der Waals surface area (Å²) in [5, 5.41) is 2.07. The van der Waals surface area contributed by atoms with Crippen molar-refractivity contribution in [1.82, 2.24) is 14.5 Å². The van der Waals surface area contributed by atoms with E-state index in [2.05, 4.69) is 45.4 Å². The van der Waals surface area contributed by atoms with Gasteiger partial charge in [0.2, 0.25) is 0 Å². The Morgan fingerprint density at radius 2 is 1.90 bits per heavy atom. The van der Waals surface area contributed by atoms with Crippen LogP contribution in [0.4, 0.5) is 3.89 Å². The minimum Gasteiger partial charge on any atom is -0.358 e. The number of H-pyrrole nitrogens is 1. The zero-order valence-corrected chi connectivity index (χ0v) is 23.2. The van der Waals surface area contributed by atoms with Crippen LogP contribution in [0, 0.1) is 18.3 Å². The largest absolute Gasteiger partial charge is 0.488 e. The van der Waals surface area contributed by atoms with E-state index in [0.717, 1.165) is 51.8 Å². The van der Waals surface area contributed by atoms with Crippen LogP contribution in [0.5, 0.6) is 5.75 Å². The monoisotopic (exact) mass is 557 g/mol. The van der Waals surface area contributed by atoms with Crippen LogP contribution < -0.4 is 9.61 Å². The number of pyridine rings is 1. The van der Waals surface area contributed by atoms with E-state index < -0.39 is 10.5 Å². The number of benzene rings is 3. The number of nitrogens with one attached hydrogen (secondary N) is 1. The molecule has 0 aliphatic carbocycles. The molecule has 3 heterocycles. The Balaban J connectivity index is 1.69. The third kappa shape index (κ3) is 4.53. The molecule has 2 aromatic heterocycles. The summed E-state index contributed by atoms with van der Waals surface area (Å²) < 4.78 is 42.3. The maximum absolute atomic E-state index is 14.1. The second-order valence-electron chi connectivity index (χ2n) is 11.0. The third-order valence-corrected chi connectivity index (χ3v) is 7.91. The maximum atomic E-state index is 14.1. The molecule has 1 aliphatic rings. The number of likely N-dealkylation sites (N-methyl/N-ethyl adjacent to an activating group) is 1. The molecule has 1 N–H and O–H groups in total. The quantitative estimate of drug-likeness (QED) is 0.218. The fourth-order valence-electron chi connectivity index (χ4n) is 5.87. The predicted molar refractivity (Wildman–Crippen MR) is 157 cm³/mol. The first-order valence-electron chi connectivity index (χ1n) is 13.1. The molecular formula is C31H28FN3O4S. The van der Waals surface area contributed by atoms with Crippen molar-refractivity contribution in [2.24, 2.45) is 5.92 Å². The van der Waals surface area contributed by atoms with E-state index in [1.54, 1.807) is 6.07 Å². The number of hydrogen-bond acceptors (Lipinski definition) is 5. The maximum Gasteiger partial charge on any atom is 0.488 e. The Morgan fingerprint density at radius 3 is 2.58 bits per heavy atom. The topological polar surface area (TPSA) is 84.4 Å². The molecule has 3 aromatic carbocycles. The van der Waals surface area contributed by atoms with Gasteiger partial charge in [-0.25, -0.2) is 0 Å². The van der Waals surface area contributed by atoms with Gasteiger partial charge in [0.05, 0.1) is 16.9 Å². The van der Waals surface area contributed by atoms with Crippen LogP contribution in [0.2, 0.25) is 0 Å². The number of aromatic amines is 1. The summed E-state index contributed by atoms with van der Waals surface area (Å²) in [6.07, 6.45) is 6.32. The Labute approximate surface area is 231 Å². The molecule has 7 nitrogen and oxygen atoms in total. The van der Waals surface area contributed by atoms with Crippen LogP contribution >= 0.6 is 0 Å². The Kier molecular flexibility index (Phi) is 6.21. The van der Waals surface area contributed by atoms with E-state index in [-0.39, 0.29) is 23.1 Å². The van der Waals surface area contributed by atoms with Gasteiger partial charge in [-0.05, 0) is 72.5 Å². The highest BCUT2D eigenvalue weighted by Crippen LogP contribution is 2.37. The molecule has 0 unspecified atom stereocenters. The van der Waals surface area contributed by atoms with Gasteiger partial charge in [0.15, 0.2) is 5.43 Å². The van der Waals surface area contributed by atoms with Gasteiger partial charge in [-0.3, -0.25) is 4.79 Å². The lowest BCUT2D eigenvalue weighted by Crippen LogP contribution is -2.45. The van der Waals surface area contributed by atoms with Gasteiger partial charge in [0.25, 0.3) is 0 Å². The molecule has 0 spiro atoms. The molecule has 5 aromatic rings. The number of nitrogens with zero attached hydrogens (tertiary/aromatic N) is 2. The normalized spacial score (nSPS) is 14.7. The molecule has 1 aliphatic heterocycles. The Bertz CT molecular complexity index is 2030. The summed E-state index contributed by atoms with van der Waals surface area (Å²) in [7, 11) is -3.12. The average molecular weight is 558 g/mol. The van der Waals surface area contributed by atoms with Crippen molar-refractivity contribution in [1.29, 1.82) is 0 Å². The second kappa shape index (κ2) is 9.51. The number of fused-ring (bicyclic) bond motifs is 4. The highest BCUT2D eigenvalue weighted by Gasteiger charge is 2.29. The summed E-state index contributed by atoms with van der Waals surface area (Å²) in [5.74, 6) is 2.82. The number of halogens is 1. The average Bonchev–Trinajstić information content (AvgIpc) is 3.25. The van der Waals surface area contributed by atoms with E-state index in [0.29, 0.717) is 22.8 Å². The number of terminal acetylenes is 1. The zero-order chi connectivity index (χ0) is 28.3. The molecule has 0 radical (unpaired) electrons. The fourth-order valence-corrected chi connectivity index (χ4v) is 6.20. The molecular weight excluding hydrogens is 529 g/mol. The summed E-state index contributed by atoms with van der Waals surface area (Å²) >= 11 is 0. The van der Waals surface area contributed by atoms with Crippen LogP contribution in [0.1, 0.15) is 31.0 Å². The Morgan fingerprint density at radius 1 is 1.12 bits per heavy atom. The van der Waals surface area contributed by atoms with Gasteiger partial charge in [-0.15, -0.1) is 6.42 Å². The van der Waals surface area contributed by atoms with Crippen LogP contribution in [0.15, 0.2) is 59.4 Å². The van der Waals surface area contributed by atoms with Gasteiger partial charge in [-0.2, -0.15) is 8.42 Å². The number of hydrogen-bond donors (Lipinski definition) is 1. The van der Waals surface area contributed by atoms with E-state index >= 15 is 0 Å². The van der Waals surface area contributed by atoms with Gasteiger partial charge >= 0.3 is 10.5 Å². The SMILES string of the molecule is C#Cc1ccc2c(c1)[nH]c1c2c(=O)c2cc(CC(C)C)c(-c3cccc(OS(=O)(=O)F)c3)cc2n1C1CN(C)C1. The van der Waals surface area contributed by atoms with E-state index in [4.69, 9.17) is 6.42 Å². The molecule has 1 fully saturated rings. The molecule has 9 heteroatoms. The van der Waals surface area contributed by atoms with Crippen LogP contribution in [0.25, 0.3) is 44.0 Å². The van der Waals surface area contributed by atoms with Crippen LogP contribution in [0.3, 0.4) is 0 Å². The smallest absolute Gasteiger partial charge is 0.358 e. The first kappa shape index (κ1) is 26.1. The van der Waals surface area contributed by atoms with Crippen molar-refractivity contribution in [2.45, 2.75) is 26.3 Å². The lowest BCUT2D eigenvalue weighted by molar-refractivity contribution is 0.146. The van der Waals surface area contributed by atoms with Crippen molar-refractivity contribution in [3.63, 3.8) is 0 Å². The second-order valence-corrected chi connectivity index (χ2v) is 11.9. The number of rotatable bonds is 6. The number of likely N-dealkylation sites (tertiary alicyclic amines) is 1. The standard InChI is InChI=1S/C31H28FN3O4S/c1-5-19-9-10-24-27(12-19)33-31-29(24)30(36)26-14-21(11-18(2)3)25(15-28(26)35(31)22-16-34(4)17-22)20-7-6-8-23(13-20)39-40(32,37)38/h1,6-10,12-15,18,22,33H,11,16-17H2,2-4H3. The van der Waals surface area contributed by atoms with Crippen molar-refractivity contribution < 1.29 is 16.5 Å². The summed E-state index contributed by atoms with van der Waals surface area (Å²) in [5.41, 5.74) is 5.41. The molecule has 40 heavy (non-hydrogen) atoms. The fraction of sp³-hybridized carbons (Fsp3) is 0.258. The first-order chi connectivity index (χ1) is 19.0. The van der Waals surface area contributed by atoms with Crippen molar-refractivity contribution in [3.8, 4) is 29.2 Å². The highest BCUT2D eigenvalue weighted by atomic mass is 32.3. The minimum absolute atomic E-state index is 0.0641. The summed E-state index contributed by atoms with van der Waals surface area (Å²) in [6.45, 7) is 5.83. The zero-order valence-electron chi connectivity index (χ0n) is 22.4. The molecule has 0 atom stereocenters. The van der Waals surface area contributed by atoms with Crippen molar-refractivity contribution >= 4 is 43.3 Å². The molecule has 6 rings (SSSR count). The van der Waals surface area contributed by atoms with Crippen molar-refractivity contribution in [3.05, 3.63) is 75.9 Å². The Hall–Kier alpha value is -4.13. The third-order valence-electron chi connectivity index (χ3n) is 7.52. The van der Waals surface area contributed by atoms with Crippen LogP contribution in [-0.2, 0) is 16.9 Å². The lowest BCUT2D eigenvalue weighted by Gasteiger charge is -2.39. The summed E-state index contributed by atoms with van der Waals surface area (Å²) in [6, 6.07) is 16.1. The van der Waals surface area contributed by atoms with Gasteiger partial charge in [-0.1, -0.05) is 41.9 Å². The van der Waals surface area contributed by atoms with E-state index in [9.17, 15) is 17.1 Å². The van der Waals surface area contributed by atoms with Crippen molar-refractivity contribution in [2.75, 3.05) is 20.1 Å². The molecule has 0 saturated carbocycles. The first-order valence-corrected chi connectivity index (χ1v) is 14.4. The van der Waals surface area contributed by atoms with Gasteiger partial charge in [0, 0.05) is 34.9 Å². The molecule has 204 valence electrons. The van der Waals surface area contributed by atoms with E-state index in [1.165, 1.54) is 12.1 Å². The molecule has 0 amide bonds. The lowest BCUT2D eigenvalue weighted by atomic mass is 9.91. The van der Waals surface area contributed by atoms with Gasteiger partial charge < -0.3 is 18.6 Å². The number of aromatic nitrogens is 2. The van der Waals surface area contributed by atoms with E-state index in [1.807, 2.05) is 36.4 Å². The molecule has 1 saturated heterocycles. The van der Waals surface area contributed by atoms with Gasteiger partial charge in [0.1, 0.15) is 11.4 Å². The minimum atomic E-state index is -5.17. The van der Waals surface area contributed by atoms with Crippen LogP contribution in [-0.4, -0.2) is 43.0 Å². The highest BCUT2D eigenvalue weighted by molar-refractivity contribution is 7.81. The molecule has 0 bridgehead atoms. The predicted octanol–water partition coefficient (Wildman–Crippen LogP) is 5.56. The summed E-state index contributed by atoms with van der Waals surface area (Å²) in [4.78, 5) is 19.8.